The first kappa shape index (κ1) is 17.2. The molecule has 0 radical (unpaired) electrons. The lowest BCUT2D eigenvalue weighted by Crippen LogP contribution is -2.34. The second kappa shape index (κ2) is 7.95. The third-order valence-corrected chi connectivity index (χ3v) is 5.62. The zero-order chi connectivity index (χ0) is 16.9. The van der Waals surface area contributed by atoms with Crippen LogP contribution in [0.4, 0.5) is 0 Å². The van der Waals surface area contributed by atoms with Gasteiger partial charge < -0.3 is 10.6 Å². The van der Waals surface area contributed by atoms with E-state index < -0.39 is 0 Å². The molecule has 3 nitrogen and oxygen atoms in total. The highest BCUT2D eigenvalue weighted by Crippen LogP contribution is 2.24. The minimum Gasteiger partial charge on any atom is -0.349 e. The molecule has 2 heterocycles. The molecule has 0 spiro atoms. The lowest BCUT2D eigenvalue weighted by atomic mass is 9.90. The van der Waals surface area contributed by atoms with E-state index in [2.05, 4.69) is 48.7 Å². The molecule has 2 aromatic rings. The fourth-order valence-corrected chi connectivity index (χ4v) is 4.34. The van der Waals surface area contributed by atoms with Gasteiger partial charge in [0.15, 0.2) is 0 Å². The lowest BCUT2D eigenvalue weighted by molar-refractivity contribution is 0.0940. The molecule has 0 bridgehead atoms. The number of thiophene rings is 1. The second-order valence-electron chi connectivity index (χ2n) is 6.76. The van der Waals surface area contributed by atoms with Crippen LogP contribution in [0, 0.1) is 6.92 Å². The van der Waals surface area contributed by atoms with Crippen LogP contribution in [0.15, 0.2) is 36.4 Å². The highest BCUT2D eigenvalue weighted by atomic mass is 32.1. The Kier molecular flexibility index (Phi) is 5.69. The van der Waals surface area contributed by atoms with Crippen molar-refractivity contribution in [3.05, 3.63) is 57.3 Å². The standard InChI is InChI=1S/C20H26N2OS/c1-14(11-19-9-8-15(2)24-19)22-20(23)17-6-3-5-16(12-17)18-7-4-10-21-13-18/h3,5-6,8-9,12,14,18,21H,4,7,10-11,13H2,1-2H3,(H,22,23). The first-order chi connectivity index (χ1) is 11.6. The van der Waals surface area contributed by atoms with Crippen molar-refractivity contribution in [2.45, 2.75) is 45.1 Å². The van der Waals surface area contributed by atoms with Gasteiger partial charge in [-0.1, -0.05) is 12.1 Å². The van der Waals surface area contributed by atoms with Gasteiger partial charge in [-0.15, -0.1) is 11.3 Å². The number of rotatable bonds is 5. The van der Waals surface area contributed by atoms with E-state index >= 15 is 0 Å². The van der Waals surface area contributed by atoms with Gasteiger partial charge in [-0.05, 0) is 69.0 Å². The summed E-state index contributed by atoms with van der Waals surface area (Å²) in [5.41, 5.74) is 2.05. The Labute approximate surface area is 148 Å². The van der Waals surface area contributed by atoms with Gasteiger partial charge in [-0.25, -0.2) is 0 Å². The molecule has 1 saturated heterocycles. The van der Waals surface area contributed by atoms with Crippen molar-refractivity contribution in [2.24, 2.45) is 0 Å². The molecule has 2 atom stereocenters. The van der Waals surface area contributed by atoms with Gasteiger partial charge in [0.1, 0.15) is 0 Å². The highest BCUT2D eigenvalue weighted by Gasteiger charge is 2.17. The maximum absolute atomic E-state index is 12.6. The van der Waals surface area contributed by atoms with E-state index in [4.69, 9.17) is 0 Å². The molecule has 1 aliphatic heterocycles. The maximum atomic E-state index is 12.6. The third-order valence-electron chi connectivity index (χ3n) is 4.60. The molecular weight excluding hydrogens is 316 g/mol. The number of carbonyl (C=O) groups excluding carboxylic acids is 1. The normalized spacial score (nSPS) is 19.0. The van der Waals surface area contributed by atoms with E-state index in [9.17, 15) is 4.79 Å². The summed E-state index contributed by atoms with van der Waals surface area (Å²) in [7, 11) is 0. The molecule has 24 heavy (non-hydrogen) atoms. The zero-order valence-corrected chi connectivity index (χ0v) is 15.3. The molecule has 0 saturated carbocycles. The zero-order valence-electron chi connectivity index (χ0n) is 14.5. The van der Waals surface area contributed by atoms with E-state index in [0.29, 0.717) is 5.92 Å². The van der Waals surface area contributed by atoms with Crippen LogP contribution in [-0.4, -0.2) is 25.0 Å². The largest absolute Gasteiger partial charge is 0.349 e. The van der Waals surface area contributed by atoms with Crippen LogP contribution in [0.2, 0.25) is 0 Å². The molecule has 2 unspecified atom stereocenters. The van der Waals surface area contributed by atoms with Gasteiger partial charge in [-0.3, -0.25) is 4.79 Å². The fraction of sp³-hybridized carbons (Fsp3) is 0.450. The van der Waals surface area contributed by atoms with E-state index in [1.807, 2.05) is 12.1 Å². The van der Waals surface area contributed by atoms with Crippen molar-refractivity contribution in [2.75, 3.05) is 13.1 Å². The molecule has 1 amide bonds. The van der Waals surface area contributed by atoms with E-state index in [0.717, 1.165) is 25.1 Å². The quantitative estimate of drug-likeness (QED) is 0.866. The van der Waals surface area contributed by atoms with Crippen molar-refractivity contribution >= 4 is 17.2 Å². The number of piperidine rings is 1. The lowest BCUT2D eigenvalue weighted by Gasteiger charge is -2.23. The number of carbonyl (C=O) groups is 1. The van der Waals surface area contributed by atoms with Gasteiger partial charge in [-0.2, -0.15) is 0 Å². The molecule has 4 heteroatoms. The molecule has 2 N–H and O–H groups in total. The molecule has 1 aromatic heterocycles. The van der Waals surface area contributed by atoms with Crippen LogP contribution in [-0.2, 0) is 6.42 Å². The number of hydrogen-bond acceptors (Lipinski definition) is 3. The van der Waals surface area contributed by atoms with Gasteiger partial charge in [0.05, 0.1) is 0 Å². The van der Waals surface area contributed by atoms with Crippen molar-refractivity contribution < 1.29 is 4.79 Å². The number of amides is 1. The number of hydrogen-bond donors (Lipinski definition) is 2. The Bertz CT molecular complexity index is 688. The van der Waals surface area contributed by atoms with Gasteiger partial charge in [0.25, 0.3) is 5.91 Å². The fourth-order valence-electron chi connectivity index (χ4n) is 3.32. The highest BCUT2D eigenvalue weighted by molar-refractivity contribution is 7.11. The molecule has 128 valence electrons. The van der Waals surface area contributed by atoms with Crippen molar-refractivity contribution in [1.82, 2.24) is 10.6 Å². The van der Waals surface area contributed by atoms with E-state index in [1.165, 1.54) is 28.2 Å². The monoisotopic (exact) mass is 342 g/mol. The summed E-state index contributed by atoms with van der Waals surface area (Å²) in [6.45, 7) is 6.31. The van der Waals surface area contributed by atoms with Crippen LogP contribution in [0.5, 0.6) is 0 Å². The molecule has 0 aliphatic carbocycles. The SMILES string of the molecule is Cc1ccc(CC(C)NC(=O)c2cccc(C3CCCNC3)c2)s1. The number of aryl methyl sites for hydroxylation is 1. The maximum Gasteiger partial charge on any atom is 0.251 e. The summed E-state index contributed by atoms with van der Waals surface area (Å²) in [6, 6.07) is 12.6. The van der Waals surface area contributed by atoms with Crippen LogP contribution in [0.25, 0.3) is 0 Å². The van der Waals surface area contributed by atoms with E-state index in [-0.39, 0.29) is 11.9 Å². The smallest absolute Gasteiger partial charge is 0.251 e. The van der Waals surface area contributed by atoms with Crippen LogP contribution >= 0.6 is 11.3 Å². The predicted octanol–water partition coefficient (Wildman–Crippen LogP) is 3.88. The van der Waals surface area contributed by atoms with Crippen molar-refractivity contribution in [3.63, 3.8) is 0 Å². The van der Waals surface area contributed by atoms with Gasteiger partial charge in [0, 0.05) is 34.3 Å². The summed E-state index contributed by atoms with van der Waals surface area (Å²) >= 11 is 1.80. The number of nitrogens with one attached hydrogen (secondary N) is 2. The average molecular weight is 343 g/mol. The van der Waals surface area contributed by atoms with Crippen molar-refractivity contribution in [1.29, 1.82) is 0 Å². The molecule has 1 fully saturated rings. The van der Waals surface area contributed by atoms with Crippen LogP contribution < -0.4 is 10.6 Å². The second-order valence-corrected chi connectivity index (χ2v) is 8.13. The Morgan fingerprint density at radius 2 is 2.25 bits per heavy atom. The topological polar surface area (TPSA) is 41.1 Å². The predicted molar refractivity (Wildman–Crippen MR) is 101 cm³/mol. The Balaban J connectivity index is 1.61. The summed E-state index contributed by atoms with van der Waals surface area (Å²) < 4.78 is 0. The first-order valence-electron chi connectivity index (χ1n) is 8.78. The summed E-state index contributed by atoms with van der Waals surface area (Å²) in [5, 5.41) is 6.58. The van der Waals surface area contributed by atoms with Gasteiger partial charge in [0.2, 0.25) is 0 Å². The summed E-state index contributed by atoms with van der Waals surface area (Å²) in [4.78, 5) is 15.2. The van der Waals surface area contributed by atoms with Crippen LogP contribution in [0.3, 0.4) is 0 Å². The summed E-state index contributed by atoms with van der Waals surface area (Å²) in [6.07, 6.45) is 3.29. The minimum atomic E-state index is 0.0291. The van der Waals surface area contributed by atoms with Gasteiger partial charge >= 0.3 is 0 Å². The van der Waals surface area contributed by atoms with Crippen molar-refractivity contribution in [3.8, 4) is 0 Å². The third kappa shape index (κ3) is 4.46. The Morgan fingerprint density at radius 3 is 2.96 bits per heavy atom. The molecule has 3 rings (SSSR count). The molecule has 1 aliphatic rings. The molecule has 1 aromatic carbocycles. The Hall–Kier alpha value is -1.65. The minimum absolute atomic E-state index is 0.0291. The average Bonchev–Trinajstić information content (AvgIpc) is 3.00. The van der Waals surface area contributed by atoms with E-state index in [1.54, 1.807) is 11.3 Å². The molecular formula is C20H26N2OS. The first-order valence-corrected chi connectivity index (χ1v) is 9.60. The Morgan fingerprint density at radius 1 is 1.38 bits per heavy atom. The number of benzene rings is 1. The summed E-state index contributed by atoms with van der Waals surface area (Å²) in [5.74, 6) is 0.555. The van der Waals surface area contributed by atoms with Crippen LogP contribution in [0.1, 0.15) is 51.4 Å².